The average Bonchev–Trinajstić information content (AvgIpc) is 2.76. The quantitative estimate of drug-likeness (QED) is 0.502. The molecule has 0 aliphatic heterocycles. The van der Waals surface area contributed by atoms with E-state index in [2.05, 4.69) is 5.32 Å². The van der Waals surface area contributed by atoms with Gasteiger partial charge in [-0.05, 0) is 42.0 Å². The van der Waals surface area contributed by atoms with E-state index in [1.165, 1.54) is 19.2 Å². The Morgan fingerprint density at radius 2 is 1.71 bits per heavy atom. The number of sulfonamides is 1. The Morgan fingerprint density at radius 3 is 2.39 bits per heavy atom. The molecule has 0 saturated heterocycles. The van der Waals surface area contributed by atoms with Gasteiger partial charge in [-0.1, -0.05) is 53.5 Å². The Balaban J connectivity index is 1.87. The van der Waals surface area contributed by atoms with Crippen LogP contribution >= 0.6 is 23.2 Å². The predicted molar refractivity (Wildman–Crippen MR) is 122 cm³/mol. The molecular weight excluding hydrogens is 459 g/mol. The molecule has 0 unspecified atom stereocenters. The normalized spacial score (nSPS) is 11.4. The number of carbonyl (C=O) groups excluding carboxylic acids is 1. The van der Waals surface area contributed by atoms with Gasteiger partial charge in [-0.2, -0.15) is 4.31 Å². The minimum Gasteiger partial charge on any atom is -0.497 e. The molecule has 31 heavy (non-hydrogen) atoms. The molecule has 1 N–H and O–H groups in total. The van der Waals surface area contributed by atoms with Gasteiger partial charge in [0.2, 0.25) is 15.9 Å². The molecule has 0 aliphatic rings. The van der Waals surface area contributed by atoms with E-state index in [4.69, 9.17) is 27.9 Å². The van der Waals surface area contributed by atoms with Gasteiger partial charge in [0.15, 0.2) is 0 Å². The minimum absolute atomic E-state index is 0.0559. The average molecular weight is 479 g/mol. The summed E-state index contributed by atoms with van der Waals surface area (Å²) in [5, 5.41) is 3.37. The van der Waals surface area contributed by atoms with E-state index >= 15 is 0 Å². The van der Waals surface area contributed by atoms with E-state index in [9.17, 15) is 13.2 Å². The highest BCUT2D eigenvalue weighted by molar-refractivity contribution is 7.89. The maximum absolute atomic E-state index is 13.2. The van der Waals surface area contributed by atoms with Crippen LogP contribution in [0.1, 0.15) is 5.56 Å². The third kappa shape index (κ3) is 5.98. The summed E-state index contributed by atoms with van der Waals surface area (Å²) >= 11 is 12.0. The van der Waals surface area contributed by atoms with Crippen LogP contribution in [0.4, 0.5) is 5.69 Å². The van der Waals surface area contributed by atoms with Gasteiger partial charge in [-0.3, -0.25) is 4.79 Å². The van der Waals surface area contributed by atoms with E-state index in [1.54, 1.807) is 60.7 Å². The highest BCUT2D eigenvalue weighted by Crippen LogP contribution is 2.25. The van der Waals surface area contributed by atoms with Crippen molar-refractivity contribution in [2.24, 2.45) is 0 Å². The number of anilines is 1. The molecule has 0 radical (unpaired) electrons. The highest BCUT2D eigenvalue weighted by atomic mass is 35.5. The summed E-state index contributed by atoms with van der Waals surface area (Å²) in [6.07, 6.45) is 0. The topological polar surface area (TPSA) is 75.7 Å². The third-order valence-electron chi connectivity index (χ3n) is 4.40. The maximum Gasteiger partial charge on any atom is 0.243 e. The number of benzene rings is 3. The molecule has 6 nitrogen and oxygen atoms in total. The molecule has 3 aromatic rings. The van der Waals surface area contributed by atoms with Crippen molar-refractivity contribution in [2.75, 3.05) is 19.0 Å². The van der Waals surface area contributed by atoms with E-state index < -0.39 is 22.5 Å². The minimum atomic E-state index is -3.95. The molecule has 0 saturated carbocycles. The number of amides is 1. The molecular formula is C22H20Cl2N2O4S. The van der Waals surface area contributed by atoms with Crippen molar-refractivity contribution in [1.29, 1.82) is 0 Å². The van der Waals surface area contributed by atoms with Crippen LogP contribution in [0.3, 0.4) is 0 Å². The first-order chi connectivity index (χ1) is 14.8. The molecule has 0 heterocycles. The Labute approximate surface area is 191 Å². The number of nitrogens with zero attached hydrogens (tertiary/aromatic N) is 1. The fourth-order valence-corrected chi connectivity index (χ4v) is 4.60. The monoisotopic (exact) mass is 478 g/mol. The van der Waals surface area contributed by atoms with Crippen molar-refractivity contribution in [3.8, 4) is 5.75 Å². The van der Waals surface area contributed by atoms with Gasteiger partial charge in [-0.15, -0.1) is 0 Å². The molecule has 0 bridgehead atoms. The van der Waals surface area contributed by atoms with Gasteiger partial charge in [0.25, 0.3) is 0 Å². The molecule has 0 spiro atoms. The molecule has 162 valence electrons. The number of ether oxygens (including phenoxy) is 1. The van der Waals surface area contributed by atoms with Crippen LogP contribution in [-0.4, -0.2) is 32.3 Å². The summed E-state index contributed by atoms with van der Waals surface area (Å²) in [4.78, 5) is 12.8. The van der Waals surface area contributed by atoms with Crippen molar-refractivity contribution < 1.29 is 17.9 Å². The molecule has 0 aromatic heterocycles. The van der Waals surface area contributed by atoms with Crippen LogP contribution in [0.2, 0.25) is 10.0 Å². The summed E-state index contributed by atoms with van der Waals surface area (Å²) in [6, 6.07) is 19.6. The molecule has 0 atom stereocenters. The van der Waals surface area contributed by atoms with E-state index in [0.717, 1.165) is 4.31 Å². The number of carbonyl (C=O) groups is 1. The Morgan fingerprint density at radius 1 is 0.968 bits per heavy atom. The van der Waals surface area contributed by atoms with Crippen LogP contribution < -0.4 is 10.1 Å². The molecule has 1 amide bonds. The van der Waals surface area contributed by atoms with Crippen LogP contribution in [0, 0.1) is 0 Å². The van der Waals surface area contributed by atoms with Crippen molar-refractivity contribution in [1.82, 2.24) is 4.31 Å². The first kappa shape index (κ1) is 23.1. The van der Waals surface area contributed by atoms with E-state index in [-0.39, 0.29) is 11.4 Å². The molecule has 0 aliphatic carbocycles. The van der Waals surface area contributed by atoms with Gasteiger partial charge < -0.3 is 10.1 Å². The van der Waals surface area contributed by atoms with Crippen molar-refractivity contribution in [3.05, 3.63) is 88.4 Å². The third-order valence-corrected chi connectivity index (χ3v) is 6.94. The second-order valence-electron chi connectivity index (χ2n) is 6.61. The van der Waals surface area contributed by atoms with Crippen LogP contribution in [0.5, 0.6) is 5.75 Å². The van der Waals surface area contributed by atoms with Crippen LogP contribution in [0.25, 0.3) is 0 Å². The molecule has 0 fully saturated rings. The van der Waals surface area contributed by atoms with Gasteiger partial charge in [0, 0.05) is 18.3 Å². The van der Waals surface area contributed by atoms with Gasteiger partial charge in [0.05, 0.1) is 28.6 Å². The fraction of sp³-hybridized carbons (Fsp3) is 0.136. The van der Waals surface area contributed by atoms with Crippen molar-refractivity contribution in [3.63, 3.8) is 0 Å². The van der Waals surface area contributed by atoms with E-state index in [0.29, 0.717) is 27.0 Å². The van der Waals surface area contributed by atoms with Gasteiger partial charge in [0.1, 0.15) is 5.75 Å². The molecule has 3 aromatic carbocycles. The number of rotatable bonds is 8. The highest BCUT2D eigenvalue weighted by Gasteiger charge is 2.27. The van der Waals surface area contributed by atoms with E-state index in [1.807, 2.05) is 0 Å². The van der Waals surface area contributed by atoms with Crippen molar-refractivity contribution >= 4 is 44.8 Å². The van der Waals surface area contributed by atoms with Crippen LogP contribution in [-0.2, 0) is 21.4 Å². The predicted octanol–water partition coefficient (Wildman–Crippen LogP) is 4.83. The molecule has 3 rings (SSSR count). The lowest BCUT2D eigenvalue weighted by Gasteiger charge is -2.22. The summed E-state index contributed by atoms with van der Waals surface area (Å²) in [7, 11) is -2.43. The summed E-state index contributed by atoms with van der Waals surface area (Å²) in [5.41, 5.74) is 1.10. The van der Waals surface area contributed by atoms with Crippen LogP contribution in [0.15, 0.2) is 77.7 Å². The summed E-state index contributed by atoms with van der Waals surface area (Å²) in [6.45, 7) is -0.450. The number of halogens is 2. The number of hydrogen-bond donors (Lipinski definition) is 1. The number of methoxy groups -OCH3 is 1. The standard InChI is InChI=1S/C22H20Cl2N2O4S/c1-30-18-7-5-6-17(13-18)25-22(27)15-26(14-16-10-11-20(23)21(24)12-16)31(28,29)19-8-3-2-4-9-19/h2-13H,14-15H2,1H3,(H,25,27). The second-order valence-corrected chi connectivity index (χ2v) is 9.37. The lowest BCUT2D eigenvalue weighted by molar-refractivity contribution is -0.116. The second kappa shape index (κ2) is 10.2. The zero-order valence-electron chi connectivity index (χ0n) is 16.6. The summed E-state index contributed by atoms with van der Waals surface area (Å²) < 4.78 is 32.7. The smallest absolute Gasteiger partial charge is 0.243 e. The first-order valence-electron chi connectivity index (χ1n) is 9.22. The van der Waals surface area contributed by atoms with Gasteiger partial charge >= 0.3 is 0 Å². The van der Waals surface area contributed by atoms with Gasteiger partial charge in [-0.25, -0.2) is 8.42 Å². The number of nitrogens with one attached hydrogen (secondary N) is 1. The summed E-state index contributed by atoms with van der Waals surface area (Å²) in [5.74, 6) is 0.0789. The Bertz CT molecular complexity index is 1170. The fourth-order valence-electron chi connectivity index (χ4n) is 2.87. The molecule has 9 heteroatoms. The lowest BCUT2D eigenvalue weighted by atomic mass is 10.2. The lowest BCUT2D eigenvalue weighted by Crippen LogP contribution is -2.37. The Hall–Kier alpha value is -2.58. The zero-order valence-corrected chi connectivity index (χ0v) is 18.9. The SMILES string of the molecule is COc1cccc(NC(=O)CN(Cc2ccc(Cl)c(Cl)c2)S(=O)(=O)c2ccccc2)c1. The number of hydrogen-bond acceptors (Lipinski definition) is 4. The largest absolute Gasteiger partial charge is 0.497 e. The Kier molecular flexibility index (Phi) is 7.56. The maximum atomic E-state index is 13.2. The van der Waals surface area contributed by atoms with Crippen molar-refractivity contribution in [2.45, 2.75) is 11.4 Å². The first-order valence-corrected chi connectivity index (χ1v) is 11.4. The zero-order chi connectivity index (χ0) is 22.4.